The summed E-state index contributed by atoms with van der Waals surface area (Å²) in [5.41, 5.74) is 0.117. The van der Waals surface area contributed by atoms with E-state index in [1.165, 1.54) is 44.4 Å². The number of carbonyl (C=O) groups excluding carboxylic acids is 1. The van der Waals surface area contributed by atoms with Crippen molar-refractivity contribution >= 4 is 15.9 Å². The maximum Gasteiger partial charge on any atom is 0.257 e. The van der Waals surface area contributed by atoms with E-state index < -0.39 is 10.0 Å². The highest BCUT2D eigenvalue weighted by Crippen LogP contribution is 2.23. The first-order valence-electron chi connectivity index (χ1n) is 6.83. The summed E-state index contributed by atoms with van der Waals surface area (Å²) in [5.74, 6) is -0.122. The van der Waals surface area contributed by atoms with E-state index in [1.807, 2.05) is 0 Å². The van der Waals surface area contributed by atoms with Crippen molar-refractivity contribution in [3.05, 3.63) is 23.8 Å². The SMILES string of the molecule is COCCN(CCOC)C(=O)c1cc(S(N)(=O)=O)ccc1OC. The second kappa shape index (κ2) is 8.82. The van der Waals surface area contributed by atoms with Crippen LogP contribution in [0.2, 0.25) is 0 Å². The normalized spacial score (nSPS) is 11.3. The fourth-order valence-electron chi connectivity index (χ4n) is 1.92. The van der Waals surface area contributed by atoms with E-state index >= 15 is 0 Å². The minimum atomic E-state index is -3.92. The van der Waals surface area contributed by atoms with Gasteiger partial charge >= 0.3 is 0 Å². The van der Waals surface area contributed by atoms with Gasteiger partial charge in [0.1, 0.15) is 5.75 Å². The van der Waals surface area contributed by atoms with Crippen LogP contribution in [0, 0.1) is 0 Å². The van der Waals surface area contributed by atoms with Crippen molar-refractivity contribution in [3.8, 4) is 5.75 Å². The van der Waals surface area contributed by atoms with Crippen LogP contribution in [-0.4, -0.2) is 66.9 Å². The Labute approximate surface area is 136 Å². The second-order valence-corrected chi connectivity index (χ2v) is 6.25. The van der Waals surface area contributed by atoms with Crippen LogP contribution in [0.5, 0.6) is 5.75 Å². The maximum absolute atomic E-state index is 12.7. The van der Waals surface area contributed by atoms with E-state index in [-0.39, 0.29) is 22.1 Å². The molecule has 0 aliphatic rings. The lowest BCUT2D eigenvalue weighted by Crippen LogP contribution is -2.36. The van der Waals surface area contributed by atoms with Gasteiger partial charge in [0.15, 0.2) is 0 Å². The molecule has 9 heteroatoms. The second-order valence-electron chi connectivity index (χ2n) is 4.68. The lowest BCUT2D eigenvalue weighted by molar-refractivity contribution is 0.0624. The van der Waals surface area contributed by atoms with Crippen LogP contribution in [0.3, 0.4) is 0 Å². The Balaban J connectivity index is 3.19. The number of ether oxygens (including phenoxy) is 3. The molecule has 0 radical (unpaired) electrons. The van der Waals surface area contributed by atoms with Gasteiger partial charge in [0.05, 0.1) is 30.8 Å². The van der Waals surface area contributed by atoms with Crippen LogP contribution >= 0.6 is 0 Å². The van der Waals surface area contributed by atoms with Crippen LogP contribution in [0.25, 0.3) is 0 Å². The number of sulfonamides is 1. The largest absolute Gasteiger partial charge is 0.496 e. The first kappa shape index (κ1) is 19.4. The van der Waals surface area contributed by atoms with Crippen molar-refractivity contribution in [2.75, 3.05) is 47.6 Å². The Hall–Kier alpha value is -1.68. The molecule has 8 nitrogen and oxygen atoms in total. The Morgan fingerprint density at radius 1 is 1.13 bits per heavy atom. The van der Waals surface area contributed by atoms with Crippen LogP contribution in [-0.2, 0) is 19.5 Å². The fraction of sp³-hybridized carbons (Fsp3) is 0.500. The predicted octanol–water partition coefficient (Wildman–Crippen LogP) is 0.0776. The third kappa shape index (κ3) is 5.47. The summed E-state index contributed by atoms with van der Waals surface area (Å²) in [6.07, 6.45) is 0. The molecule has 1 amide bonds. The number of primary sulfonamides is 1. The molecule has 0 fully saturated rings. The average Bonchev–Trinajstić information content (AvgIpc) is 2.53. The Kier molecular flexibility index (Phi) is 7.43. The molecular weight excluding hydrogens is 324 g/mol. The summed E-state index contributed by atoms with van der Waals surface area (Å²) in [4.78, 5) is 14.1. The van der Waals surface area contributed by atoms with Crippen LogP contribution in [0.15, 0.2) is 23.1 Å². The highest BCUT2D eigenvalue weighted by atomic mass is 32.2. The number of carbonyl (C=O) groups is 1. The maximum atomic E-state index is 12.7. The Morgan fingerprint density at radius 3 is 2.13 bits per heavy atom. The van der Waals surface area contributed by atoms with Gasteiger partial charge in [-0.2, -0.15) is 0 Å². The smallest absolute Gasteiger partial charge is 0.257 e. The van der Waals surface area contributed by atoms with Crippen LogP contribution in [0.1, 0.15) is 10.4 Å². The average molecular weight is 346 g/mol. The van der Waals surface area contributed by atoms with Crippen LogP contribution < -0.4 is 9.88 Å². The topological polar surface area (TPSA) is 108 Å². The van der Waals surface area contributed by atoms with Gasteiger partial charge in [-0.1, -0.05) is 0 Å². The monoisotopic (exact) mass is 346 g/mol. The third-order valence-corrected chi connectivity index (χ3v) is 4.06. The molecule has 0 atom stereocenters. The molecule has 0 spiro atoms. The van der Waals surface area contributed by atoms with Gasteiger partial charge in [0.25, 0.3) is 5.91 Å². The molecule has 1 aromatic carbocycles. The zero-order chi connectivity index (χ0) is 17.5. The number of nitrogens with zero attached hydrogens (tertiary/aromatic N) is 1. The third-order valence-electron chi connectivity index (χ3n) is 3.15. The minimum absolute atomic E-state index is 0.117. The zero-order valence-electron chi connectivity index (χ0n) is 13.4. The molecule has 0 unspecified atom stereocenters. The lowest BCUT2D eigenvalue weighted by Gasteiger charge is -2.23. The minimum Gasteiger partial charge on any atom is -0.496 e. The van der Waals surface area contributed by atoms with E-state index in [0.29, 0.717) is 26.3 Å². The summed E-state index contributed by atoms with van der Waals surface area (Å²) in [7, 11) is 0.539. The van der Waals surface area contributed by atoms with Gasteiger partial charge in [-0.15, -0.1) is 0 Å². The van der Waals surface area contributed by atoms with E-state index in [4.69, 9.17) is 19.3 Å². The molecule has 0 aromatic heterocycles. The number of hydrogen-bond donors (Lipinski definition) is 1. The molecule has 0 saturated heterocycles. The highest BCUT2D eigenvalue weighted by molar-refractivity contribution is 7.89. The van der Waals surface area contributed by atoms with Crippen molar-refractivity contribution in [1.82, 2.24) is 4.90 Å². The molecule has 23 heavy (non-hydrogen) atoms. The summed E-state index contributed by atoms with van der Waals surface area (Å²) in [6.45, 7) is 1.35. The number of hydrogen-bond acceptors (Lipinski definition) is 6. The van der Waals surface area contributed by atoms with Gasteiger partial charge in [0.2, 0.25) is 10.0 Å². The quantitative estimate of drug-likeness (QED) is 0.678. The number of rotatable bonds is 9. The first-order chi connectivity index (χ1) is 10.8. The number of benzene rings is 1. The molecule has 0 aliphatic heterocycles. The standard InChI is InChI=1S/C14H22N2O6S/c1-20-8-6-16(7-9-21-2)14(17)12-10-11(23(15,18)19)4-5-13(12)22-3/h4-5,10H,6-9H2,1-3H3,(H2,15,18,19). The molecule has 130 valence electrons. The Morgan fingerprint density at radius 2 is 1.70 bits per heavy atom. The lowest BCUT2D eigenvalue weighted by atomic mass is 10.1. The summed E-state index contributed by atoms with van der Waals surface area (Å²) >= 11 is 0. The molecule has 1 aromatic rings. The van der Waals surface area contributed by atoms with Gasteiger partial charge in [-0.25, -0.2) is 13.6 Å². The van der Waals surface area contributed by atoms with Crippen molar-refractivity contribution in [1.29, 1.82) is 0 Å². The van der Waals surface area contributed by atoms with Crippen molar-refractivity contribution in [2.24, 2.45) is 5.14 Å². The van der Waals surface area contributed by atoms with Gasteiger partial charge in [-0.05, 0) is 18.2 Å². The molecule has 0 heterocycles. The number of amides is 1. The van der Waals surface area contributed by atoms with E-state index in [0.717, 1.165) is 0 Å². The molecule has 0 saturated carbocycles. The van der Waals surface area contributed by atoms with Crippen LogP contribution in [0.4, 0.5) is 0 Å². The predicted molar refractivity (Wildman–Crippen MR) is 84.0 cm³/mol. The number of nitrogens with two attached hydrogens (primary N) is 1. The van der Waals surface area contributed by atoms with E-state index in [1.54, 1.807) is 0 Å². The Bertz CT molecular complexity index is 624. The molecule has 1 rings (SSSR count). The molecule has 0 bridgehead atoms. The van der Waals surface area contributed by atoms with Gasteiger partial charge in [-0.3, -0.25) is 4.79 Å². The summed E-state index contributed by atoms with van der Waals surface area (Å²) in [6, 6.07) is 3.90. The van der Waals surface area contributed by atoms with Gasteiger partial charge < -0.3 is 19.1 Å². The summed E-state index contributed by atoms with van der Waals surface area (Å²) < 4.78 is 38.1. The number of methoxy groups -OCH3 is 3. The first-order valence-corrected chi connectivity index (χ1v) is 8.37. The molecule has 0 aliphatic carbocycles. The van der Waals surface area contributed by atoms with E-state index in [9.17, 15) is 13.2 Å². The zero-order valence-corrected chi connectivity index (χ0v) is 14.3. The van der Waals surface area contributed by atoms with Crippen molar-refractivity contribution in [2.45, 2.75) is 4.90 Å². The molecule has 2 N–H and O–H groups in total. The van der Waals surface area contributed by atoms with Crippen molar-refractivity contribution in [3.63, 3.8) is 0 Å². The highest BCUT2D eigenvalue weighted by Gasteiger charge is 2.22. The van der Waals surface area contributed by atoms with E-state index in [2.05, 4.69) is 0 Å². The van der Waals surface area contributed by atoms with Gasteiger partial charge in [0, 0.05) is 27.3 Å². The fourth-order valence-corrected chi connectivity index (χ4v) is 2.46. The summed E-state index contributed by atoms with van der Waals surface area (Å²) in [5, 5.41) is 5.12. The molecular formula is C14H22N2O6S. The van der Waals surface area contributed by atoms with Crippen molar-refractivity contribution < 1.29 is 27.4 Å².